The fourth-order valence-corrected chi connectivity index (χ4v) is 2.88. The maximum Gasteiger partial charge on any atom is 0.172 e. The van der Waals surface area contributed by atoms with Gasteiger partial charge in [-0.2, -0.15) is 0 Å². The number of pyridine rings is 1. The molecule has 0 aliphatic carbocycles. The molecule has 2 rings (SSSR count). The van der Waals surface area contributed by atoms with Crippen LogP contribution in [0.15, 0.2) is 23.6 Å². The molecule has 0 saturated carbocycles. The van der Waals surface area contributed by atoms with Crippen molar-refractivity contribution in [1.82, 2.24) is 4.98 Å². The lowest BCUT2D eigenvalue weighted by molar-refractivity contribution is 0.301. The second kappa shape index (κ2) is 5.47. The average Bonchev–Trinajstić information content (AvgIpc) is 2.91. The molecule has 0 bridgehead atoms. The van der Waals surface area contributed by atoms with Gasteiger partial charge in [0, 0.05) is 24.8 Å². The summed E-state index contributed by atoms with van der Waals surface area (Å²) < 4.78 is 0. The molecular formula is C14H22N4O. The molecule has 1 aliphatic rings. The highest BCUT2D eigenvalue weighted by molar-refractivity contribution is 6.02. The van der Waals surface area contributed by atoms with E-state index >= 15 is 0 Å². The van der Waals surface area contributed by atoms with Crippen LogP contribution in [0.5, 0.6) is 0 Å². The van der Waals surface area contributed by atoms with Gasteiger partial charge in [-0.3, -0.25) is 4.98 Å². The van der Waals surface area contributed by atoms with E-state index in [0.717, 1.165) is 24.3 Å². The highest BCUT2D eigenvalue weighted by atomic mass is 16.4. The number of rotatable bonds is 4. The minimum atomic E-state index is 0.142. The molecule has 0 unspecified atom stereocenters. The topological polar surface area (TPSA) is 74.7 Å². The Labute approximate surface area is 114 Å². The normalized spacial score (nSPS) is 18.8. The lowest BCUT2D eigenvalue weighted by atomic mass is 9.82. The summed E-state index contributed by atoms with van der Waals surface area (Å²) in [5, 5.41) is 12.0. The third kappa shape index (κ3) is 2.50. The van der Waals surface area contributed by atoms with Gasteiger partial charge in [0.1, 0.15) is 0 Å². The molecule has 104 valence electrons. The molecule has 1 fully saturated rings. The number of amidine groups is 1. The molecule has 5 heteroatoms. The third-order valence-corrected chi connectivity index (χ3v) is 4.46. The van der Waals surface area contributed by atoms with Crippen molar-refractivity contribution >= 4 is 11.5 Å². The lowest BCUT2D eigenvalue weighted by Gasteiger charge is -2.27. The van der Waals surface area contributed by atoms with Crippen molar-refractivity contribution in [1.29, 1.82) is 0 Å². The van der Waals surface area contributed by atoms with Crippen LogP contribution in [0.1, 0.15) is 38.7 Å². The zero-order valence-corrected chi connectivity index (χ0v) is 11.6. The Kier molecular flexibility index (Phi) is 3.93. The molecule has 0 amide bonds. The van der Waals surface area contributed by atoms with Gasteiger partial charge in [0.2, 0.25) is 0 Å². The number of oxime groups is 1. The second-order valence-electron chi connectivity index (χ2n) is 5.26. The smallest absolute Gasteiger partial charge is 0.172 e. The molecule has 19 heavy (non-hydrogen) atoms. The van der Waals surface area contributed by atoms with E-state index in [4.69, 9.17) is 10.9 Å². The van der Waals surface area contributed by atoms with Crippen molar-refractivity contribution in [3.8, 4) is 0 Å². The van der Waals surface area contributed by atoms with Gasteiger partial charge in [-0.05, 0) is 30.7 Å². The van der Waals surface area contributed by atoms with Crippen LogP contribution in [0.25, 0.3) is 0 Å². The molecule has 0 radical (unpaired) electrons. The molecule has 1 aromatic rings. The van der Waals surface area contributed by atoms with Gasteiger partial charge < -0.3 is 15.8 Å². The monoisotopic (exact) mass is 262 g/mol. The average molecular weight is 262 g/mol. The number of hydrogen-bond donors (Lipinski definition) is 2. The van der Waals surface area contributed by atoms with Gasteiger partial charge in [0.15, 0.2) is 5.84 Å². The molecule has 1 aromatic heterocycles. The molecule has 5 nitrogen and oxygen atoms in total. The predicted octanol–water partition coefficient (Wildman–Crippen LogP) is 2.19. The van der Waals surface area contributed by atoms with Crippen LogP contribution in [0.2, 0.25) is 0 Å². The Morgan fingerprint density at radius 2 is 2.26 bits per heavy atom. The van der Waals surface area contributed by atoms with Gasteiger partial charge >= 0.3 is 0 Å². The number of nitrogens with two attached hydrogens (primary N) is 1. The molecule has 1 aliphatic heterocycles. The predicted molar refractivity (Wildman–Crippen MR) is 76.6 cm³/mol. The van der Waals surface area contributed by atoms with Gasteiger partial charge in [-0.25, -0.2) is 0 Å². The summed E-state index contributed by atoms with van der Waals surface area (Å²) in [6.45, 7) is 6.51. The van der Waals surface area contributed by atoms with Crippen molar-refractivity contribution in [2.45, 2.75) is 33.1 Å². The second-order valence-corrected chi connectivity index (χ2v) is 5.26. The first-order valence-electron chi connectivity index (χ1n) is 6.82. The summed E-state index contributed by atoms with van der Waals surface area (Å²) in [6.07, 6.45) is 7.01. The van der Waals surface area contributed by atoms with E-state index in [2.05, 4.69) is 28.9 Å². The van der Waals surface area contributed by atoms with E-state index in [0.29, 0.717) is 5.41 Å². The largest absolute Gasteiger partial charge is 0.409 e. The fourth-order valence-electron chi connectivity index (χ4n) is 2.88. The Morgan fingerprint density at radius 3 is 2.84 bits per heavy atom. The number of aromatic nitrogens is 1. The van der Waals surface area contributed by atoms with Crippen LogP contribution < -0.4 is 10.6 Å². The van der Waals surface area contributed by atoms with Crippen LogP contribution >= 0.6 is 0 Å². The van der Waals surface area contributed by atoms with Crippen molar-refractivity contribution in [2.24, 2.45) is 16.3 Å². The van der Waals surface area contributed by atoms with Crippen molar-refractivity contribution in [2.75, 3.05) is 18.0 Å². The first-order valence-corrected chi connectivity index (χ1v) is 6.82. The number of anilines is 1. The highest BCUT2D eigenvalue weighted by Gasteiger charge is 2.35. The van der Waals surface area contributed by atoms with E-state index < -0.39 is 0 Å². The van der Waals surface area contributed by atoms with Gasteiger partial charge in [-0.1, -0.05) is 19.0 Å². The Bertz CT molecular complexity index is 468. The molecule has 0 atom stereocenters. The standard InChI is InChI=1S/C14H22N4O/c1-3-14(4-2)6-8-18(10-14)12-9-16-7-5-11(12)13(15)17-19/h5,7,9,19H,3-4,6,8,10H2,1-2H3,(H2,15,17). The molecule has 0 aromatic carbocycles. The van der Waals surface area contributed by atoms with E-state index in [9.17, 15) is 0 Å². The summed E-state index contributed by atoms with van der Waals surface area (Å²) in [7, 11) is 0. The van der Waals surface area contributed by atoms with Crippen molar-refractivity contribution in [3.05, 3.63) is 24.0 Å². The number of nitrogens with zero attached hydrogens (tertiary/aromatic N) is 3. The van der Waals surface area contributed by atoms with Crippen LogP contribution in [0, 0.1) is 5.41 Å². The first kappa shape index (κ1) is 13.6. The minimum Gasteiger partial charge on any atom is -0.409 e. The van der Waals surface area contributed by atoms with Crippen LogP contribution in [0.4, 0.5) is 5.69 Å². The van der Waals surface area contributed by atoms with Crippen molar-refractivity contribution in [3.63, 3.8) is 0 Å². The van der Waals surface area contributed by atoms with Gasteiger partial charge in [0.05, 0.1) is 11.9 Å². The summed E-state index contributed by atoms with van der Waals surface area (Å²) in [5.74, 6) is 0.142. The Balaban J connectivity index is 2.30. The molecule has 1 saturated heterocycles. The first-order chi connectivity index (χ1) is 9.15. The maximum atomic E-state index is 8.87. The Hall–Kier alpha value is -1.78. The van der Waals surface area contributed by atoms with Crippen LogP contribution in [0.3, 0.4) is 0 Å². The molecular weight excluding hydrogens is 240 g/mol. The highest BCUT2D eigenvalue weighted by Crippen LogP contribution is 2.39. The third-order valence-electron chi connectivity index (χ3n) is 4.46. The fraction of sp³-hybridized carbons (Fsp3) is 0.571. The van der Waals surface area contributed by atoms with E-state index in [1.165, 1.54) is 19.3 Å². The molecule has 2 heterocycles. The zero-order valence-electron chi connectivity index (χ0n) is 11.6. The van der Waals surface area contributed by atoms with Gasteiger partial charge in [-0.15, -0.1) is 0 Å². The van der Waals surface area contributed by atoms with Crippen LogP contribution in [-0.4, -0.2) is 29.1 Å². The van der Waals surface area contributed by atoms with Crippen LogP contribution in [-0.2, 0) is 0 Å². The summed E-state index contributed by atoms with van der Waals surface area (Å²) in [6, 6.07) is 1.79. The summed E-state index contributed by atoms with van der Waals surface area (Å²) in [4.78, 5) is 6.47. The van der Waals surface area contributed by atoms with E-state index in [1.54, 1.807) is 18.5 Å². The van der Waals surface area contributed by atoms with E-state index in [-0.39, 0.29) is 5.84 Å². The number of hydrogen-bond acceptors (Lipinski definition) is 4. The van der Waals surface area contributed by atoms with Gasteiger partial charge in [0.25, 0.3) is 0 Å². The molecule has 0 spiro atoms. The lowest BCUT2D eigenvalue weighted by Crippen LogP contribution is -2.28. The van der Waals surface area contributed by atoms with Crippen molar-refractivity contribution < 1.29 is 5.21 Å². The quantitative estimate of drug-likeness (QED) is 0.377. The summed E-state index contributed by atoms with van der Waals surface area (Å²) >= 11 is 0. The zero-order chi connectivity index (χ0) is 13.9. The Morgan fingerprint density at radius 1 is 1.53 bits per heavy atom. The van der Waals surface area contributed by atoms with E-state index in [1.807, 2.05) is 0 Å². The molecule has 3 N–H and O–H groups in total. The summed E-state index contributed by atoms with van der Waals surface area (Å²) in [5.41, 5.74) is 7.84. The minimum absolute atomic E-state index is 0.142. The SMILES string of the molecule is CCC1(CC)CCN(c2cnccc2/C(N)=N/O)C1. The maximum absolute atomic E-state index is 8.87.